The van der Waals surface area contributed by atoms with Crippen molar-refractivity contribution in [1.29, 1.82) is 5.26 Å². The van der Waals surface area contributed by atoms with E-state index in [-0.39, 0.29) is 0 Å². The Morgan fingerprint density at radius 3 is 2.36 bits per heavy atom. The SMILES string of the molecule is COc1ccc(Nc2c(C#N)cnc3cc(OC)ccc23)c(OC)c1. The maximum Gasteiger partial charge on any atom is 0.145 e. The van der Waals surface area contributed by atoms with Crippen LogP contribution in [0.25, 0.3) is 10.9 Å². The van der Waals surface area contributed by atoms with Crippen LogP contribution in [0.15, 0.2) is 42.6 Å². The van der Waals surface area contributed by atoms with E-state index < -0.39 is 0 Å². The number of methoxy groups -OCH3 is 3. The van der Waals surface area contributed by atoms with E-state index in [1.165, 1.54) is 0 Å². The van der Waals surface area contributed by atoms with Gasteiger partial charge in [0.25, 0.3) is 0 Å². The number of benzene rings is 2. The molecule has 0 radical (unpaired) electrons. The van der Waals surface area contributed by atoms with E-state index in [0.29, 0.717) is 28.5 Å². The minimum absolute atomic E-state index is 0.440. The normalized spacial score (nSPS) is 10.2. The summed E-state index contributed by atoms with van der Waals surface area (Å²) in [6.45, 7) is 0. The largest absolute Gasteiger partial charge is 0.497 e. The van der Waals surface area contributed by atoms with Crippen LogP contribution >= 0.6 is 0 Å². The molecule has 126 valence electrons. The van der Waals surface area contributed by atoms with E-state index in [9.17, 15) is 5.26 Å². The molecule has 2 aromatic carbocycles. The molecule has 1 N–H and O–H groups in total. The molecule has 0 saturated heterocycles. The molecule has 25 heavy (non-hydrogen) atoms. The molecule has 0 spiro atoms. The third kappa shape index (κ3) is 3.12. The first-order chi connectivity index (χ1) is 12.2. The second-order valence-corrected chi connectivity index (χ2v) is 5.23. The second-order valence-electron chi connectivity index (χ2n) is 5.23. The maximum absolute atomic E-state index is 9.46. The van der Waals surface area contributed by atoms with Crippen LogP contribution < -0.4 is 19.5 Å². The van der Waals surface area contributed by atoms with Crippen LogP contribution in [0.5, 0.6) is 17.2 Å². The third-order valence-electron chi connectivity index (χ3n) is 3.87. The van der Waals surface area contributed by atoms with Gasteiger partial charge in [-0.3, -0.25) is 4.98 Å². The zero-order valence-corrected chi connectivity index (χ0v) is 14.2. The number of rotatable bonds is 5. The van der Waals surface area contributed by atoms with Crippen molar-refractivity contribution in [3.63, 3.8) is 0 Å². The summed E-state index contributed by atoms with van der Waals surface area (Å²) >= 11 is 0. The first-order valence-electron chi connectivity index (χ1n) is 7.56. The lowest BCUT2D eigenvalue weighted by Gasteiger charge is -2.15. The van der Waals surface area contributed by atoms with Gasteiger partial charge in [-0.2, -0.15) is 5.26 Å². The molecule has 0 aliphatic heterocycles. The summed E-state index contributed by atoms with van der Waals surface area (Å²) in [6, 6.07) is 13.2. The van der Waals surface area contributed by atoms with Gasteiger partial charge in [0.15, 0.2) is 0 Å². The predicted molar refractivity (Wildman–Crippen MR) is 95.8 cm³/mol. The van der Waals surface area contributed by atoms with Crippen LogP contribution in [0.4, 0.5) is 11.4 Å². The molecule has 0 aliphatic rings. The van der Waals surface area contributed by atoms with Crippen molar-refractivity contribution >= 4 is 22.3 Å². The van der Waals surface area contributed by atoms with Gasteiger partial charge in [0.05, 0.1) is 43.8 Å². The summed E-state index contributed by atoms with van der Waals surface area (Å²) in [6.07, 6.45) is 1.54. The molecule has 1 heterocycles. The Balaban J connectivity index is 2.13. The van der Waals surface area contributed by atoms with Gasteiger partial charge in [0, 0.05) is 23.7 Å². The standard InChI is InChI=1S/C19H17N3O3/c1-23-13-4-6-15-17(8-13)21-11-12(10-20)19(15)22-16-7-5-14(24-2)9-18(16)25-3/h4-9,11H,1-3H3,(H,21,22). The molecular weight excluding hydrogens is 318 g/mol. The minimum atomic E-state index is 0.440. The van der Waals surface area contributed by atoms with Crippen LogP contribution in [0.1, 0.15) is 5.56 Å². The summed E-state index contributed by atoms with van der Waals surface area (Å²) in [5, 5.41) is 13.6. The smallest absolute Gasteiger partial charge is 0.145 e. The van der Waals surface area contributed by atoms with E-state index in [2.05, 4.69) is 16.4 Å². The molecule has 6 heteroatoms. The van der Waals surface area contributed by atoms with Crippen molar-refractivity contribution < 1.29 is 14.2 Å². The van der Waals surface area contributed by atoms with Crippen LogP contribution in [-0.2, 0) is 0 Å². The van der Waals surface area contributed by atoms with Crippen LogP contribution in [0, 0.1) is 11.3 Å². The number of anilines is 2. The van der Waals surface area contributed by atoms with Gasteiger partial charge in [-0.15, -0.1) is 0 Å². The molecule has 0 amide bonds. The number of nitriles is 1. The van der Waals surface area contributed by atoms with E-state index in [1.807, 2.05) is 30.3 Å². The number of fused-ring (bicyclic) bond motifs is 1. The zero-order valence-electron chi connectivity index (χ0n) is 14.2. The predicted octanol–water partition coefficient (Wildman–Crippen LogP) is 3.88. The average molecular weight is 335 g/mol. The van der Waals surface area contributed by atoms with Gasteiger partial charge in [-0.05, 0) is 24.3 Å². The number of nitrogens with zero attached hydrogens (tertiary/aromatic N) is 2. The lowest BCUT2D eigenvalue weighted by atomic mass is 10.1. The zero-order chi connectivity index (χ0) is 17.8. The van der Waals surface area contributed by atoms with Gasteiger partial charge in [-0.1, -0.05) is 0 Å². The van der Waals surface area contributed by atoms with Crippen LogP contribution in [-0.4, -0.2) is 26.3 Å². The third-order valence-corrected chi connectivity index (χ3v) is 3.87. The first kappa shape index (κ1) is 16.4. The average Bonchev–Trinajstić information content (AvgIpc) is 2.67. The monoisotopic (exact) mass is 335 g/mol. The van der Waals surface area contributed by atoms with Gasteiger partial charge < -0.3 is 19.5 Å². The number of ether oxygens (including phenoxy) is 3. The Bertz CT molecular complexity index is 964. The Labute approximate surface area is 145 Å². The molecule has 3 aromatic rings. The van der Waals surface area contributed by atoms with Crippen molar-refractivity contribution in [3.05, 3.63) is 48.2 Å². The first-order valence-corrected chi connectivity index (χ1v) is 7.56. The van der Waals surface area contributed by atoms with Crippen molar-refractivity contribution in [2.24, 2.45) is 0 Å². The minimum Gasteiger partial charge on any atom is -0.497 e. The van der Waals surface area contributed by atoms with Crippen molar-refractivity contribution in [2.75, 3.05) is 26.6 Å². The van der Waals surface area contributed by atoms with E-state index in [4.69, 9.17) is 14.2 Å². The van der Waals surface area contributed by atoms with Crippen molar-refractivity contribution in [2.45, 2.75) is 0 Å². The van der Waals surface area contributed by atoms with Crippen LogP contribution in [0.3, 0.4) is 0 Å². The number of aromatic nitrogens is 1. The molecule has 0 saturated carbocycles. The highest BCUT2D eigenvalue weighted by atomic mass is 16.5. The van der Waals surface area contributed by atoms with Gasteiger partial charge in [0.1, 0.15) is 23.3 Å². The number of hydrogen-bond acceptors (Lipinski definition) is 6. The Morgan fingerprint density at radius 2 is 1.68 bits per heavy atom. The van der Waals surface area contributed by atoms with Crippen LogP contribution in [0.2, 0.25) is 0 Å². The molecule has 0 unspecified atom stereocenters. The number of hydrogen-bond donors (Lipinski definition) is 1. The summed E-state index contributed by atoms with van der Waals surface area (Å²) in [5.74, 6) is 2.01. The fourth-order valence-electron chi connectivity index (χ4n) is 2.56. The fraction of sp³-hybridized carbons (Fsp3) is 0.158. The summed E-state index contributed by atoms with van der Waals surface area (Å²) in [7, 11) is 4.78. The highest BCUT2D eigenvalue weighted by Crippen LogP contribution is 2.35. The molecule has 0 fully saturated rings. The Hall–Kier alpha value is -3.46. The topological polar surface area (TPSA) is 76.4 Å². The lowest BCUT2D eigenvalue weighted by molar-refractivity contribution is 0.395. The highest BCUT2D eigenvalue weighted by molar-refractivity contribution is 5.96. The van der Waals surface area contributed by atoms with Crippen molar-refractivity contribution in [3.8, 4) is 23.3 Å². The quantitative estimate of drug-likeness (QED) is 0.762. The maximum atomic E-state index is 9.46. The Kier molecular flexibility index (Phi) is 4.57. The molecule has 3 rings (SSSR count). The van der Waals surface area contributed by atoms with Crippen molar-refractivity contribution in [1.82, 2.24) is 4.98 Å². The lowest BCUT2D eigenvalue weighted by Crippen LogP contribution is -1.99. The molecular formula is C19H17N3O3. The fourth-order valence-corrected chi connectivity index (χ4v) is 2.56. The van der Waals surface area contributed by atoms with E-state index in [0.717, 1.165) is 16.6 Å². The van der Waals surface area contributed by atoms with E-state index >= 15 is 0 Å². The highest BCUT2D eigenvalue weighted by Gasteiger charge is 2.13. The van der Waals surface area contributed by atoms with E-state index in [1.54, 1.807) is 33.6 Å². The number of nitrogens with one attached hydrogen (secondary N) is 1. The molecule has 0 aliphatic carbocycles. The molecule has 1 aromatic heterocycles. The molecule has 0 bridgehead atoms. The summed E-state index contributed by atoms with van der Waals surface area (Å²) in [4.78, 5) is 4.34. The van der Waals surface area contributed by atoms with Gasteiger partial charge in [0.2, 0.25) is 0 Å². The summed E-state index contributed by atoms with van der Waals surface area (Å²) < 4.78 is 15.9. The second kappa shape index (κ2) is 6.97. The summed E-state index contributed by atoms with van der Waals surface area (Å²) in [5.41, 5.74) is 2.56. The van der Waals surface area contributed by atoms with Gasteiger partial charge >= 0.3 is 0 Å². The molecule has 6 nitrogen and oxygen atoms in total. The molecule has 0 atom stereocenters. The number of pyridine rings is 1. The van der Waals surface area contributed by atoms with Gasteiger partial charge in [-0.25, -0.2) is 0 Å². The Morgan fingerprint density at radius 1 is 0.960 bits per heavy atom.